The lowest BCUT2D eigenvalue weighted by Gasteiger charge is -2.10. The number of nitrogens with zero attached hydrogens (tertiary/aromatic N) is 3. The van der Waals surface area contributed by atoms with Gasteiger partial charge in [-0.05, 0) is 18.6 Å². The number of aryl methyl sites for hydroxylation is 1. The van der Waals surface area contributed by atoms with Crippen LogP contribution in [0.4, 0.5) is 24.9 Å². The fourth-order valence-corrected chi connectivity index (χ4v) is 1.43. The van der Waals surface area contributed by atoms with Crippen LogP contribution in [0, 0.1) is 6.92 Å². The molecule has 2 aromatic heterocycles. The van der Waals surface area contributed by atoms with Crippen molar-refractivity contribution in [3.05, 3.63) is 35.8 Å². The molecule has 6 nitrogen and oxygen atoms in total. The van der Waals surface area contributed by atoms with Crippen LogP contribution in [0.1, 0.15) is 16.1 Å². The van der Waals surface area contributed by atoms with Crippen molar-refractivity contribution in [3.63, 3.8) is 0 Å². The number of pyridine rings is 1. The van der Waals surface area contributed by atoms with Crippen LogP contribution in [0.15, 0.2) is 24.5 Å². The van der Waals surface area contributed by atoms with E-state index < -0.39 is 12.1 Å². The van der Waals surface area contributed by atoms with Gasteiger partial charge in [-0.25, -0.2) is 15.0 Å². The molecule has 2 heterocycles. The Bertz CT molecular complexity index is 661. The molecule has 21 heavy (non-hydrogen) atoms. The van der Waals surface area contributed by atoms with Gasteiger partial charge < -0.3 is 10.1 Å². The molecule has 9 heteroatoms. The summed E-state index contributed by atoms with van der Waals surface area (Å²) in [7, 11) is 0. The predicted molar refractivity (Wildman–Crippen MR) is 66.4 cm³/mol. The van der Waals surface area contributed by atoms with Gasteiger partial charge in [-0.1, -0.05) is 0 Å². The average Bonchev–Trinajstić information content (AvgIpc) is 2.39. The van der Waals surface area contributed by atoms with Crippen molar-refractivity contribution in [2.24, 2.45) is 0 Å². The molecule has 0 aliphatic rings. The third-order valence-electron chi connectivity index (χ3n) is 2.33. The molecule has 0 aliphatic heterocycles. The lowest BCUT2D eigenvalue weighted by molar-refractivity contribution is -0.274. The second kappa shape index (κ2) is 5.73. The summed E-state index contributed by atoms with van der Waals surface area (Å²) >= 11 is 0. The second-order valence-electron chi connectivity index (χ2n) is 3.93. The molecule has 2 rings (SSSR count). The van der Waals surface area contributed by atoms with Gasteiger partial charge in [0.2, 0.25) is 5.95 Å². The Morgan fingerprint density at radius 3 is 2.76 bits per heavy atom. The normalized spacial score (nSPS) is 11.0. The summed E-state index contributed by atoms with van der Waals surface area (Å²) in [6, 6.07) is 2.10. The quantitative estimate of drug-likeness (QED) is 0.874. The Balaban J connectivity index is 2.20. The average molecular weight is 298 g/mol. The number of ether oxygens (including phenoxy) is 1. The number of hydrogen-bond acceptors (Lipinski definition) is 6. The van der Waals surface area contributed by atoms with E-state index >= 15 is 0 Å². The van der Waals surface area contributed by atoms with E-state index in [1.54, 1.807) is 6.92 Å². The smallest absolute Gasteiger partial charge is 0.406 e. The van der Waals surface area contributed by atoms with Gasteiger partial charge in [0, 0.05) is 18.5 Å². The van der Waals surface area contributed by atoms with Crippen molar-refractivity contribution in [1.82, 2.24) is 15.0 Å². The monoisotopic (exact) mass is 298 g/mol. The molecule has 0 saturated heterocycles. The van der Waals surface area contributed by atoms with Gasteiger partial charge in [0.05, 0.1) is 0 Å². The van der Waals surface area contributed by atoms with Crippen molar-refractivity contribution in [3.8, 4) is 5.75 Å². The molecule has 110 valence electrons. The number of aldehydes is 1. The highest BCUT2D eigenvalue weighted by Crippen LogP contribution is 2.24. The third-order valence-corrected chi connectivity index (χ3v) is 2.33. The summed E-state index contributed by atoms with van der Waals surface area (Å²) in [5, 5.41) is 2.59. The van der Waals surface area contributed by atoms with E-state index in [0.717, 1.165) is 18.3 Å². The fraction of sp³-hybridized carbons (Fsp3) is 0.167. The van der Waals surface area contributed by atoms with Gasteiger partial charge in [0.25, 0.3) is 0 Å². The van der Waals surface area contributed by atoms with Crippen molar-refractivity contribution < 1.29 is 22.7 Å². The van der Waals surface area contributed by atoms with Crippen molar-refractivity contribution in [2.45, 2.75) is 13.3 Å². The lowest BCUT2D eigenvalue weighted by Crippen LogP contribution is -2.17. The van der Waals surface area contributed by atoms with Gasteiger partial charge in [-0.15, -0.1) is 13.2 Å². The molecule has 0 saturated carbocycles. The highest BCUT2D eigenvalue weighted by Gasteiger charge is 2.31. The molecule has 0 unspecified atom stereocenters. The van der Waals surface area contributed by atoms with E-state index in [-0.39, 0.29) is 17.5 Å². The molecule has 0 spiro atoms. The number of rotatable bonds is 4. The zero-order chi connectivity index (χ0) is 15.5. The number of alkyl halides is 3. The second-order valence-corrected chi connectivity index (χ2v) is 3.93. The minimum Gasteiger partial charge on any atom is -0.406 e. The van der Waals surface area contributed by atoms with Crippen LogP contribution in [-0.2, 0) is 0 Å². The van der Waals surface area contributed by atoms with E-state index in [1.807, 2.05) is 0 Å². The van der Waals surface area contributed by atoms with E-state index in [9.17, 15) is 18.0 Å². The SMILES string of the molecule is Cc1cnc(Nc2cc(OC(F)(F)F)ccn2)nc1C=O. The summed E-state index contributed by atoms with van der Waals surface area (Å²) in [6.07, 6.45) is -1.68. The number of carbonyl (C=O) groups is 1. The summed E-state index contributed by atoms with van der Waals surface area (Å²) in [5.41, 5.74) is 0.757. The van der Waals surface area contributed by atoms with Gasteiger partial charge in [0.1, 0.15) is 17.3 Å². The van der Waals surface area contributed by atoms with E-state index in [0.29, 0.717) is 11.8 Å². The number of aromatic nitrogens is 3. The molecule has 0 aromatic carbocycles. The summed E-state index contributed by atoms with van der Waals surface area (Å²) in [4.78, 5) is 22.4. The first-order valence-corrected chi connectivity index (χ1v) is 5.65. The summed E-state index contributed by atoms with van der Waals surface area (Å²) in [6.45, 7) is 1.66. The molecule has 2 aromatic rings. The Hall–Kier alpha value is -2.71. The first-order chi connectivity index (χ1) is 9.87. The molecule has 0 bridgehead atoms. The Morgan fingerprint density at radius 2 is 2.10 bits per heavy atom. The molecule has 1 N–H and O–H groups in total. The molecule has 0 amide bonds. The van der Waals surface area contributed by atoms with E-state index in [1.165, 1.54) is 6.20 Å². The highest BCUT2D eigenvalue weighted by atomic mass is 19.4. The minimum absolute atomic E-state index is 0.0411. The number of nitrogens with one attached hydrogen (secondary N) is 1. The van der Waals surface area contributed by atoms with Crippen molar-refractivity contribution in [2.75, 3.05) is 5.32 Å². The molecule has 0 atom stereocenters. The minimum atomic E-state index is -4.79. The van der Waals surface area contributed by atoms with Crippen molar-refractivity contribution >= 4 is 18.1 Å². The largest absolute Gasteiger partial charge is 0.573 e. The topological polar surface area (TPSA) is 77.0 Å². The zero-order valence-corrected chi connectivity index (χ0v) is 10.7. The van der Waals surface area contributed by atoms with Gasteiger partial charge in [-0.2, -0.15) is 0 Å². The van der Waals surface area contributed by atoms with Crippen LogP contribution >= 0.6 is 0 Å². The van der Waals surface area contributed by atoms with Crippen molar-refractivity contribution in [1.29, 1.82) is 0 Å². The van der Waals surface area contributed by atoms with Gasteiger partial charge in [-0.3, -0.25) is 4.79 Å². The molecular weight excluding hydrogens is 289 g/mol. The third kappa shape index (κ3) is 4.13. The number of halogens is 3. The van der Waals surface area contributed by atoms with E-state index in [2.05, 4.69) is 25.0 Å². The fourth-order valence-electron chi connectivity index (χ4n) is 1.43. The summed E-state index contributed by atoms with van der Waals surface area (Å²) in [5.74, 6) is -0.334. The van der Waals surface area contributed by atoms with Gasteiger partial charge >= 0.3 is 6.36 Å². The Labute approximate surface area is 117 Å². The highest BCUT2D eigenvalue weighted by molar-refractivity contribution is 5.74. The molecule has 0 radical (unpaired) electrons. The number of hydrogen-bond donors (Lipinski definition) is 1. The van der Waals surface area contributed by atoms with Crippen LogP contribution < -0.4 is 10.1 Å². The summed E-state index contributed by atoms with van der Waals surface area (Å²) < 4.78 is 40.1. The van der Waals surface area contributed by atoms with Crippen LogP contribution in [0.2, 0.25) is 0 Å². The number of carbonyl (C=O) groups excluding carboxylic acids is 1. The van der Waals surface area contributed by atoms with Crippen LogP contribution in [0.5, 0.6) is 5.75 Å². The molecular formula is C12H9F3N4O2. The lowest BCUT2D eigenvalue weighted by atomic mass is 10.3. The van der Waals surface area contributed by atoms with E-state index in [4.69, 9.17) is 0 Å². The first-order valence-electron chi connectivity index (χ1n) is 5.65. The first kappa shape index (κ1) is 14.7. The molecule has 0 fully saturated rings. The van der Waals surface area contributed by atoms with Crippen LogP contribution in [0.25, 0.3) is 0 Å². The van der Waals surface area contributed by atoms with Crippen LogP contribution in [0.3, 0.4) is 0 Å². The van der Waals surface area contributed by atoms with Gasteiger partial charge in [0.15, 0.2) is 6.29 Å². The Kier molecular flexibility index (Phi) is 4.01. The zero-order valence-electron chi connectivity index (χ0n) is 10.7. The number of anilines is 2. The Morgan fingerprint density at radius 1 is 1.33 bits per heavy atom. The standard InChI is InChI=1S/C12H9F3N4O2/c1-7-5-17-11(18-9(7)6-20)19-10-4-8(2-3-16-10)21-12(13,14)15/h2-6H,1H3,(H,16,17,18,19). The van der Waals surface area contributed by atoms with Crippen LogP contribution in [-0.4, -0.2) is 27.6 Å². The maximum Gasteiger partial charge on any atom is 0.573 e. The maximum atomic E-state index is 12.1. The maximum absolute atomic E-state index is 12.1. The molecule has 0 aliphatic carbocycles. The predicted octanol–water partition coefficient (Wildman–Crippen LogP) is 2.63.